The molecule has 1 aromatic heterocycles. The molecule has 0 saturated heterocycles. The average molecular weight is 190 g/mol. The minimum Gasteiger partial charge on any atom is -0.328 e. The third-order valence-electron chi connectivity index (χ3n) is 1.19. The van der Waals surface area contributed by atoms with Gasteiger partial charge in [0.1, 0.15) is 5.56 Å². The van der Waals surface area contributed by atoms with Crippen LogP contribution >= 0.6 is 12.4 Å². The molecule has 0 aliphatic heterocycles. The van der Waals surface area contributed by atoms with E-state index in [2.05, 4.69) is 4.98 Å². The number of hydrogen-bond acceptors (Lipinski definition) is 3. The summed E-state index contributed by atoms with van der Waals surface area (Å²) in [6.07, 6.45) is 1.44. The fourth-order valence-corrected chi connectivity index (χ4v) is 0.678. The quantitative estimate of drug-likeness (QED) is 0.313. The highest BCUT2D eigenvalue weighted by Gasteiger charge is 2.05. The third kappa shape index (κ3) is 2.08. The van der Waals surface area contributed by atoms with Crippen molar-refractivity contribution in [2.45, 2.75) is 0 Å². The predicted octanol–water partition coefficient (Wildman–Crippen LogP) is -0.600. The maximum atomic E-state index is 10.8. The summed E-state index contributed by atoms with van der Waals surface area (Å²) in [5, 5.41) is 0. The van der Waals surface area contributed by atoms with Gasteiger partial charge in [0.2, 0.25) is 0 Å². The Morgan fingerprint density at radius 2 is 2.25 bits per heavy atom. The summed E-state index contributed by atoms with van der Waals surface area (Å²) in [4.78, 5) is 24.0. The largest absolute Gasteiger partial charge is 0.328 e. The van der Waals surface area contributed by atoms with Gasteiger partial charge >= 0.3 is 0 Å². The summed E-state index contributed by atoms with van der Waals surface area (Å²) < 4.78 is 0. The Morgan fingerprint density at radius 1 is 1.58 bits per heavy atom. The molecule has 5 nitrogen and oxygen atoms in total. The van der Waals surface area contributed by atoms with Crippen LogP contribution in [0.1, 0.15) is 10.4 Å². The first-order chi connectivity index (χ1) is 5.25. The Balaban J connectivity index is 0.00000121. The van der Waals surface area contributed by atoms with E-state index in [0.717, 1.165) is 0 Å². The summed E-state index contributed by atoms with van der Waals surface area (Å²) >= 11 is 0. The van der Waals surface area contributed by atoms with E-state index in [1.165, 1.54) is 12.3 Å². The van der Waals surface area contributed by atoms with Crippen molar-refractivity contribution in [2.75, 3.05) is 0 Å². The Labute approximate surface area is 74.4 Å². The Bertz CT molecular complexity index is 323. The van der Waals surface area contributed by atoms with E-state index in [4.69, 9.17) is 5.84 Å². The Hall–Kier alpha value is -1.33. The van der Waals surface area contributed by atoms with Gasteiger partial charge in [0.25, 0.3) is 11.5 Å². The first kappa shape index (κ1) is 10.7. The number of hydrazine groups is 1. The van der Waals surface area contributed by atoms with Crippen LogP contribution in [0.2, 0.25) is 0 Å². The molecule has 0 fully saturated rings. The highest BCUT2D eigenvalue weighted by molar-refractivity contribution is 5.93. The highest BCUT2D eigenvalue weighted by Crippen LogP contribution is 1.86. The number of rotatable bonds is 1. The first-order valence-corrected chi connectivity index (χ1v) is 2.94. The molecular weight excluding hydrogens is 182 g/mol. The van der Waals surface area contributed by atoms with Crippen LogP contribution in [0.15, 0.2) is 23.1 Å². The first-order valence-electron chi connectivity index (χ1n) is 2.94. The van der Waals surface area contributed by atoms with Crippen LogP contribution in [-0.2, 0) is 0 Å². The molecule has 0 radical (unpaired) electrons. The van der Waals surface area contributed by atoms with Gasteiger partial charge in [-0.15, -0.1) is 12.4 Å². The minimum atomic E-state index is -0.591. The molecule has 4 N–H and O–H groups in total. The number of carbonyl (C=O) groups is 1. The molecule has 0 unspecified atom stereocenters. The molecule has 0 aromatic carbocycles. The van der Waals surface area contributed by atoms with Crippen molar-refractivity contribution in [1.82, 2.24) is 10.4 Å². The van der Waals surface area contributed by atoms with Crippen molar-refractivity contribution in [2.24, 2.45) is 5.84 Å². The van der Waals surface area contributed by atoms with Gasteiger partial charge in [-0.05, 0) is 12.1 Å². The molecule has 1 amide bonds. The van der Waals surface area contributed by atoms with Crippen molar-refractivity contribution in [3.8, 4) is 0 Å². The second-order valence-electron chi connectivity index (χ2n) is 1.89. The molecule has 1 rings (SSSR count). The number of H-pyrrole nitrogens is 1. The number of pyridine rings is 1. The number of halogens is 1. The normalized spacial score (nSPS) is 8.42. The van der Waals surface area contributed by atoms with Crippen LogP contribution in [0.4, 0.5) is 0 Å². The number of aromatic amines is 1. The summed E-state index contributed by atoms with van der Waals surface area (Å²) in [6.45, 7) is 0. The maximum Gasteiger partial charge on any atom is 0.270 e. The van der Waals surface area contributed by atoms with Gasteiger partial charge in [0.15, 0.2) is 0 Å². The van der Waals surface area contributed by atoms with Crippen molar-refractivity contribution >= 4 is 18.3 Å². The van der Waals surface area contributed by atoms with E-state index in [1.54, 1.807) is 6.07 Å². The molecular formula is C6H8ClN3O2. The second kappa shape index (κ2) is 4.53. The Morgan fingerprint density at radius 3 is 2.75 bits per heavy atom. The molecule has 0 bridgehead atoms. The van der Waals surface area contributed by atoms with Crippen LogP contribution in [-0.4, -0.2) is 10.9 Å². The fourth-order valence-electron chi connectivity index (χ4n) is 0.678. The van der Waals surface area contributed by atoms with Crippen molar-refractivity contribution < 1.29 is 4.79 Å². The lowest BCUT2D eigenvalue weighted by atomic mass is 10.3. The minimum absolute atomic E-state index is 0. The molecule has 0 saturated carbocycles. The summed E-state index contributed by atoms with van der Waals surface area (Å²) in [5.74, 6) is 4.23. The molecule has 0 spiro atoms. The second-order valence-corrected chi connectivity index (χ2v) is 1.89. The molecule has 0 atom stereocenters. The molecule has 66 valence electrons. The highest BCUT2D eigenvalue weighted by atomic mass is 35.5. The zero-order chi connectivity index (χ0) is 8.27. The number of carbonyl (C=O) groups excluding carboxylic acids is 1. The van der Waals surface area contributed by atoms with Crippen molar-refractivity contribution in [3.63, 3.8) is 0 Å². The summed E-state index contributed by atoms with van der Waals surface area (Å²) in [7, 11) is 0. The Kier molecular flexibility index (Phi) is 4.03. The zero-order valence-electron chi connectivity index (χ0n) is 6.03. The van der Waals surface area contributed by atoms with Gasteiger partial charge in [0, 0.05) is 6.20 Å². The monoisotopic (exact) mass is 189 g/mol. The smallest absolute Gasteiger partial charge is 0.270 e. The third-order valence-corrected chi connectivity index (χ3v) is 1.19. The molecule has 1 aromatic rings. The predicted molar refractivity (Wildman–Crippen MR) is 46.0 cm³/mol. The SMILES string of the molecule is Cl.NNC(=O)c1ccc[nH]c1=O. The zero-order valence-corrected chi connectivity index (χ0v) is 6.85. The maximum absolute atomic E-state index is 10.8. The van der Waals surface area contributed by atoms with Crippen molar-refractivity contribution in [3.05, 3.63) is 34.2 Å². The van der Waals surface area contributed by atoms with Crippen LogP contribution in [0.5, 0.6) is 0 Å². The van der Waals surface area contributed by atoms with E-state index in [0.29, 0.717) is 0 Å². The topological polar surface area (TPSA) is 88.0 Å². The van der Waals surface area contributed by atoms with E-state index >= 15 is 0 Å². The van der Waals surface area contributed by atoms with Gasteiger partial charge in [-0.25, -0.2) is 5.84 Å². The molecule has 6 heteroatoms. The molecule has 1 heterocycles. The fraction of sp³-hybridized carbons (Fsp3) is 0. The van der Waals surface area contributed by atoms with Gasteiger partial charge in [-0.3, -0.25) is 15.0 Å². The molecule has 0 aliphatic rings. The number of hydrogen-bond donors (Lipinski definition) is 3. The van der Waals surface area contributed by atoms with E-state index in [-0.39, 0.29) is 18.0 Å². The van der Waals surface area contributed by atoms with Gasteiger partial charge in [-0.1, -0.05) is 0 Å². The van der Waals surface area contributed by atoms with Gasteiger partial charge in [-0.2, -0.15) is 0 Å². The number of nitrogen functional groups attached to an aromatic ring is 1. The standard InChI is InChI=1S/C6H7N3O2.ClH/c7-9-6(11)4-2-1-3-8-5(4)10;/h1-3H,7H2,(H,8,10)(H,9,11);1H. The van der Waals surface area contributed by atoms with E-state index in [1.807, 2.05) is 5.43 Å². The number of amides is 1. The van der Waals surface area contributed by atoms with Crippen LogP contribution in [0, 0.1) is 0 Å². The summed E-state index contributed by atoms with van der Waals surface area (Å²) in [6, 6.07) is 2.94. The number of nitrogens with one attached hydrogen (secondary N) is 2. The summed E-state index contributed by atoms with van der Waals surface area (Å²) in [5.41, 5.74) is 1.42. The lowest BCUT2D eigenvalue weighted by Gasteiger charge is -1.95. The van der Waals surface area contributed by atoms with E-state index in [9.17, 15) is 9.59 Å². The lowest BCUT2D eigenvalue weighted by Crippen LogP contribution is -2.34. The lowest BCUT2D eigenvalue weighted by molar-refractivity contribution is 0.0952. The average Bonchev–Trinajstić information content (AvgIpc) is 2.04. The van der Waals surface area contributed by atoms with Crippen LogP contribution in [0.25, 0.3) is 0 Å². The molecule has 12 heavy (non-hydrogen) atoms. The molecule has 0 aliphatic carbocycles. The van der Waals surface area contributed by atoms with Crippen LogP contribution in [0.3, 0.4) is 0 Å². The number of nitrogens with two attached hydrogens (primary N) is 1. The van der Waals surface area contributed by atoms with E-state index < -0.39 is 11.5 Å². The van der Waals surface area contributed by atoms with Gasteiger partial charge in [0.05, 0.1) is 0 Å². The van der Waals surface area contributed by atoms with Crippen molar-refractivity contribution in [1.29, 1.82) is 0 Å². The number of aromatic nitrogens is 1. The van der Waals surface area contributed by atoms with Gasteiger partial charge < -0.3 is 4.98 Å². The van der Waals surface area contributed by atoms with Crippen LogP contribution < -0.4 is 16.8 Å².